The summed E-state index contributed by atoms with van der Waals surface area (Å²) in [6.45, 7) is 0. The topological polar surface area (TPSA) is 108 Å². The third-order valence-electron chi connectivity index (χ3n) is 2.24. The van der Waals surface area contributed by atoms with E-state index in [1.807, 2.05) is 0 Å². The summed E-state index contributed by atoms with van der Waals surface area (Å²) in [6.07, 6.45) is 6.47. The lowest BCUT2D eigenvalue weighted by molar-refractivity contribution is 0.441. The van der Waals surface area contributed by atoms with Crippen LogP contribution in [0.15, 0.2) is 35.3 Å². The first-order chi connectivity index (χ1) is 9.24. The summed E-state index contributed by atoms with van der Waals surface area (Å²) in [5, 5.41) is 10.5. The second kappa shape index (κ2) is 4.69. The first kappa shape index (κ1) is 11.7. The van der Waals surface area contributed by atoms with Gasteiger partial charge in [-0.2, -0.15) is 20.2 Å². The maximum absolute atomic E-state index is 5.81. The van der Waals surface area contributed by atoms with Crippen LogP contribution in [0, 0.1) is 0 Å². The maximum atomic E-state index is 5.81. The smallest absolute Gasteiger partial charge is 0.326 e. The van der Waals surface area contributed by atoms with E-state index in [2.05, 4.69) is 41.2 Å². The van der Waals surface area contributed by atoms with Gasteiger partial charge in [0, 0.05) is 12.4 Å². The van der Waals surface area contributed by atoms with Crippen molar-refractivity contribution in [1.82, 2.24) is 29.9 Å². The molecule has 0 atom stereocenters. The van der Waals surface area contributed by atoms with Gasteiger partial charge in [-0.15, -0.1) is 0 Å². The molecule has 0 radical (unpaired) electrons. The van der Waals surface area contributed by atoms with Gasteiger partial charge in [-0.05, 0) is 22.0 Å². The van der Waals surface area contributed by atoms with E-state index in [9.17, 15) is 0 Å². The molecule has 3 aromatic heterocycles. The normalized spacial score (nSPS) is 10.6. The van der Waals surface area contributed by atoms with Crippen LogP contribution in [0.25, 0.3) is 5.82 Å². The fraction of sp³-hybridized carbons (Fsp3) is 0. The molecule has 96 valence electrons. The lowest BCUT2D eigenvalue weighted by Gasteiger charge is -2.08. The first-order valence-corrected chi connectivity index (χ1v) is 6.03. The van der Waals surface area contributed by atoms with Crippen LogP contribution in [-0.2, 0) is 0 Å². The highest BCUT2D eigenvalue weighted by Gasteiger charge is 2.13. The molecule has 0 saturated heterocycles. The van der Waals surface area contributed by atoms with E-state index >= 15 is 0 Å². The minimum Gasteiger partial charge on any atom is -0.421 e. The summed E-state index contributed by atoms with van der Waals surface area (Å²) in [5.41, 5.74) is 5.81. The Morgan fingerprint density at radius 3 is 2.95 bits per heavy atom. The molecule has 0 aromatic carbocycles. The number of rotatable bonds is 3. The average molecular weight is 322 g/mol. The van der Waals surface area contributed by atoms with Crippen molar-refractivity contribution in [3.8, 4) is 17.6 Å². The molecule has 3 N–H and O–H groups in total. The Bertz CT molecular complexity index is 680. The van der Waals surface area contributed by atoms with Gasteiger partial charge >= 0.3 is 6.01 Å². The van der Waals surface area contributed by atoms with E-state index in [4.69, 9.17) is 10.5 Å². The van der Waals surface area contributed by atoms with Crippen molar-refractivity contribution in [2.24, 2.45) is 0 Å². The van der Waals surface area contributed by atoms with Crippen LogP contribution >= 0.6 is 15.9 Å². The fourth-order valence-corrected chi connectivity index (χ4v) is 1.78. The largest absolute Gasteiger partial charge is 0.421 e. The number of nitrogens with zero attached hydrogens (tertiary/aromatic N) is 5. The van der Waals surface area contributed by atoms with Crippen molar-refractivity contribution >= 4 is 21.7 Å². The number of hydrogen-bond donors (Lipinski definition) is 2. The molecular formula is C10H8BrN7O. The molecule has 3 aromatic rings. The molecule has 19 heavy (non-hydrogen) atoms. The monoisotopic (exact) mass is 321 g/mol. The zero-order valence-electron chi connectivity index (χ0n) is 9.49. The molecule has 9 heteroatoms. The second-order valence-electron chi connectivity index (χ2n) is 3.52. The maximum Gasteiger partial charge on any atom is 0.326 e. The third-order valence-corrected chi connectivity index (χ3v) is 3.00. The molecule has 0 bridgehead atoms. The van der Waals surface area contributed by atoms with E-state index in [0.717, 1.165) is 0 Å². The van der Waals surface area contributed by atoms with Gasteiger partial charge < -0.3 is 10.5 Å². The van der Waals surface area contributed by atoms with Gasteiger partial charge in [-0.1, -0.05) is 0 Å². The van der Waals surface area contributed by atoms with Crippen molar-refractivity contribution in [1.29, 1.82) is 0 Å². The van der Waals surface area contributed by atoms with Crippen molar-refractivity contribution in [2.75, 3.05) is 5.73 Å². The molecule has 0 aliphatic carbocycles. The molecule has 0 aliphatic rings. The van der Waals surface area contributed by atoms with Crippen molar-refractivity contribution < 1.29 is 4.74 Å². The van der Waals surface area contributed by atoms with Crippen LogP contribution in [0.5, 0.6) is 11.8 Å². The Morgan fingerprint density at radius 2 is 2.26 bits per heavy atom. The number of halogens is 1. The van der Waals surface area contributed by atoms with Gasteiger partial charge in [0.2, 0.25) is 0 Å². The zero-order valence-corrected chi connectivity index (χ0v) is 11.1. The molecule has 0 saturated carbocycles. The number of nitrogens with one attached hydrogen (secondary N) is 1. The number of nitrogens with two attached hydrogens (primary N) is 1. The number of hydrogen-bond acceptors (Lipinski definition) is 6. The fourth-order valence-electron chi connectivity index (χ4n) is 1.42. The third kappa shape index (κ3) is 2.27. The van der Waals surface area contributed by atoms with Crippen LogP contribution < -0.4 is 10.5 Å². The average Bonchev–Trinajstić information content (AvgIpc) is 3.06. The molecule has 8 nitrogen and oxygen atoms in total. The number of H-pyrrole nitrogens is 1. The van der Waals surface area contributed by atoms with Crippen LogP contribution in [-0.4, -0.2) is 29.9 Å². The van der Waals surface area contributed by atoms with Crippen LogP contribution in [0.3, 0.4) is 0 Å². The van der Waals surface area contributed by atoms with Gasteiger partial charge in [0.25, 0.3) is 0 Å². The quantitative estimate of drug-likeness (QED) is 0.757. The predicted molar refractivity (Wildman–Crippen MR) is 69.9 cm³/mol. The molecule has 0 unspecified atom stereocenters. The van der Waals surface area contributed by atoms with E-state index < -0.39 is 0 Å². The minimum absolute atomic E-state index is 0.118. The summed E-state index contributed by atoms with van der Waals surface area (Å²) in [6, 6.07) is 1.90. The SMILES string of the molecule is Nc1nc(Oc2cn[nH]c2)nc(-n2cccn2)c1Br. The molecule has 3 rings (SSSR count). The summed E-state index contributed by atoms with van der Waals surface area (Å²) in [7, 11) is 0. The highest BCUT2D eigenvalue weighted by Crippen LogP contribution is 2.27. The number of aromatic amines is 1. The molecule has 0 amide bonds. The van der Waals surface area contributed by atoms with E-state index in [-0.39, 0.29) is 11.8 Å². The van der Waals surface area contributed by atoms with Crippen LogP contribution in [0.2, 0.25) is 0 Å². The Labute approximate surface area is 115 Å². The van der Waals surface area contributed by atoms with Gasteiger partial charge in [0.15, 0.2) is 11.6 Å². The van der Waals surface area contributed by atoms with Crippen molar-refractivity contribution in [3.05, 3.63) is 35.3 Å². The van der Waals surface area contributed by atoms with E-state index in [1.165, 1.54) is 6.20 Å². The Balaban J connectivity index is 2.03. The molecule has 0 aliphatic heterocycles. The highest BCUT2D eigenvalue weighted by molar-refractivity contribution is 9.10. The standard InChI is InChI=1S/C10H8BrN7O/c11-7-8(12)16-10(19-6-4-13-14-5-6)17-9(7)18-3-1-2-15-18/h1-5H,(H,13,14)(H2,12,16,17). The molecular weight excluding hydrogens is 314 g/mol. The summed E-state index contributed by atoms with van der Waals surface area (Å²) in [4.78, 5) is 8.28. The summed E-state index contributed by atoms with van der Waals surface area (Å²) in [5.74, 6) is 1.25. The Morgan fingerprint density at radius 1 is 1.37 bits per heavy atom. The minimum atomic E-state index is 0.118. The van der Waals surface area contributed by atoms with E-state index in [1.54, 1.807) is 29.3 Å². The van der Waals surface area contributed by atoms with E-state index in [0.29, 0.717) is 16.0 Å². The Kier molecular flexibility index (Phi) is 2.88. The predicted octanol–water partition coefficient (Wildman–Crippen LogP) is 1.52. The van der Waals surface area contributed by atoms with Gasteiger partial charge in [0.05, 0.1) is 12.4 Å². The van der Waals surface area contributed by atoms with Crippen LogP contribution in [0.1, 0.15) is 0 Å². The lowest BCUT2D eigenvalue weighted by Crippen LogP contribution is -2.06. The summed E-state index contributed by atoms with van der Waals surface area (Å²) < 4.78 is 7.55. The molecule has 3 heterocycles. The second-order valence-corrected chi connectivity index (χ2v) is 4.31. The van der Waals surface area contributed by atoms with Gasteiger partial charge in [-0.3, -0.25) is 5.10 Å². The van der Waals surface area contributed by atoms with Crippen molar-refractivity contribution in [3.63, 3.8) is 0 Å². The van der Waals surface area contributed by atoms with Crippen LogP contribution in [0.4, 0.5) is 5.82 Å². The number of anilines is 1. The van der Waals surface area contributed by atoms with Gasteiger partial charge in [0.1, 0.15) is 10.3 Å². The molecule has 0 fully saturated rings. The number of aromatic nitrogens is 6. The first-order valence-electron chi connectivity index (χ1n) is 5.23. The summed E-state index contributed by atoms with van der Waals surface area (Å²) >= 11 is 3.33. The Hall–Kier alpha value is -2.42. The van der Waals surface area contributed by atoms with Gasteiger partial charge in [-0.25, -0.2) is 4.68 Å². The van der Waals surface area contributed by atoms with Crippen molar-refractivity contribution in [2.45, 2.75) is 0 Å². The number of ether oxygens (including phenoxy) is 1. The highest BCUT2D eigenvalue weighted by atomic mass is 79.9. The zero-order chi connectivity index (χ0) is 13.2. The lowest BCUT2D eigenvalue weighted by atomic mass is 10.5. The molecule has 0 spiro atoms. The number of nitrogen functional groups attached to an aromatic ring is 1.